The molecule has 5 rings (SSSR count). The molecule has 284 valence electrons. The molecule has 0 fully saturated rings. The third kappa shape index (κ3) is 10.4. The van der Waals surface area contributed by atoms with Crippen LogP contribution in [-0.2, 0) is 38.9 Å². The minimum atomic E-state index is -4.07. The molecule has 0 aliphatic rings. The maximum Gasteiger partial charge on any atom is 0.323 e. The van der Waals surface area contributed by atoms with Crippen LogP contribution in [0.2, 0.25) is 0 Å². The Morgan fingerprint density at radius 1 is 0.611 bits per heavy atom. The van der Waals surface area contributed by atoms with E-state index in [0.717, 1.165) is 27.5 Å². The van der Waals surface area contributed by atoms with Crippen LogP contribution in [0.25, 0.3) is 10.8 Å². The normalized spacial score (nSPS) is 13.6. The molecule has 5 aromatic carbocycles. The summed E-state index contributed by atoms with van der Waals surface area (Å²) in [6.07, 6.45) is 0.409. The fourth-order valence-corrected chi connectivity index (χ4v) is 7.53. The second kappa shape index (κ2) is 17.1. The SMILES string of the molecule is CC(C)(C)OC(=O)[C@H](CCCOS(=O)(=O)c1ccc2ccccc2c1)C[C@H](NC(c1ccccc1)(c1ccccc1)c1ccccc1)C(=O)OC(C)(C)C. The monoisotopic (exact) mass is 749 g/mol. The average Bonchev–Trinajstić information content (AvgIpc) is 3.13. The summed E-state index contributed by atoms with van der Waals surface area (Å²) in [6, 6.07) is 41.0. The lowest BCUT2D eigenvalue weighted by molar-refractivity contribution is -0.163. The third-order valence-corrected chi connectivity index (χ3v) is 10.2. The minimum Gasteiger partial charge on any atom is -0.460 e. The zero-order chi connectivity index (χ0) is 39.0. The largest absolute Gasteiger partial charge is 0.460 e. The van der Waals surface area contributed by atoms with Gasteiger partial charge in [0, 0.05) is 0 Å². The minimum absolute atomic E-state index is 0.00943. The molecule has 0 heterocycles. The van der Waals surface area contributed by atoms with Gasteiger partial charge in [-0.1, -0.05) is 121 Å². The zero-order valence-electron chi connectivity index (χ0n) is 32.0. The maximum atomic E-state index is 14.3. The highest BCUT2D eigenvalue weighted by Crippen LogP contribution is 2.38. The van der Waals surface area contributed by atoms with Crippen LogP contribution in [0, 0.1) is 5.92 Å². The predicted molar refractivity (Wildman–Crippen MR) is 212 cm³/mol. The fourth-order valence-electron chi connectivity index (χ4n) is 6.55. The summed E-state index contributed by atoms with van der Waals surface area (Å²) in [5, 5.41) is 5.43. The zero-order valence-corrected chi connectivity index (χ0v) is 32.8. The lowest BCUT2D eigenvalue weighted by Crippen LogP contribution is -2.54. The molecule has 9 heteroatoms. The van der Waals surface area contributed by atoms with Gasteiger partial charge in [-0.25, -0.2) is 0 Å². The molecule has 1 N–H and O–H groups in total. The molecular weight excluding hydrogens is 699 g/mol. The Labute approximate surface area is 320 Å². The van der Waals surface area contributed by atoms with Gasteiger partial charge in [0.1, 0.15) is 17.2 Å². The number of carbonyl (C=O) groups excluding carboxylic acids is 2. The van der Waals surface area contributed by atoms with Crippen LogP contribution in [0.3, 0.4) is 0 Å². The first-order valence-electron chi connectivity index (χ1n) is 18.4. The van der Waals surface area contributed by atoms with Crippen molar-refractivity contribution in [1.29, 1.82) is 0 Å². The van der Waals surface area contributed by atoms with E-state index in [9.17, 15) is 18.0 Å². The first-order chi connectivity index (χ1) is 25.6. The van der Waals surface area contributed by atoms with Crippen molar-refractivity contribution in [2.75, 3.05) is 6.61 Å². The number of fused-ring (bicyclic) bond motifs is 1. The standard InChI is InChI=1S/C45H51NO7S/c1-43(2,3)52-41(47)35(21-18-30-51-54(49,50)39-29-28-33-19-16-17-20-34(33)31-39)32-40(42(48)53-44(4,5)6)46-45(36-22-10-7-11-23-36,37-24-12-8-13-25-37)38-26-14-9-15-27-38/h7-17,19-20,22-29,31,35,40,46H,18,21,30,32H2,1-6H3/t35-,40+/m1/s1. The molecular formula is C45H51NO7S. The molecule has 0 bridgehead atoms. The summed E-state index contributed by atoms with van der Waals surface area (Å²) in [5.41, 5.74) is -0.00699. The topological polar surface area (TPSA) is 108 Å². The molecule has 0 aliphatic heterocycles. The van der Waals surface area contributed by atoms with Gasteiger partial charge < -0.3 is 9.47 Å². The van der Waals surface area contributed by atoms with Crippen molar-refractivity contribution in [1.82, 2.24) is 5.32 Å². The highest BCUT2D eigenvalue weighted by molar-refractivity contribution is 7.86. The van der Waals surface area contributed by atoms with Gasteiger partial charge in [0.05, 0.1) is 23.0 Å². The number of benzene rings is 5. The molecule has 0 saturated heterocycles. The number of ether oxygens (including phenoxy) is 2. The number of carbonyl (C=O) groups is 2. The van der Waals surface area contributed by atoms with Gasteiger partial charge in [0.25, 0.3) is 10.1 Å². The van der Waals surface area contributed by atoms with Crippen LogP contribution in [0.4, 0.5) is 0 Å². The van der Waals surface area contributed by atoms with E-state index in [1.165, 1.54) is 6.07 Å². The fraction of sp³-hybridized carbons (Fsp3) is 0.333. The lowest BCUT2D eigenvalue weighted by atomic mass is 9.76. The van der Waals surface area contributed by atoms with E-state index in [2.05, 4.69) is 5.32 Å². The van der Waals surface area contributed by atoms with Gasteiger partial charge >= 0.3 is 11.9 Å². The molecule has 0 radical (unpaired) electrons. The first kappa shape index (κ1) is 40.4. The van der Waals surface area contributed by atoms with Crippen LogP contribution in [0.1, 0.15) is 77.5 Å². The lowest BCUT2D eigenvalue weighted by Gasteiger charge is -2.40. The van der Waals surface area contributed by atoms with Crippen molar-refractivity contribution in [2.45, 2.75) is 88.5 Å². The summed E-state index contributed by atoms with van der Waals surface area (Å²) in [7, 11) is -4.07. The van der Waals surface area contributed by atoms with Gasteiger partial charge in [-0.2, -0.15) is 8.42 Å². The van der Waals surface area contributed by atoms with Crippen molar-refractivity contribution < 1.29 is 31.7 Å². The molecule has 0 aliphatic carbocycles. The summed E-state index contributed by atoms with van der Waals surface area (Å²) in [5.74, 6) is -1.85. The summed E-state index contributed by atoms with van der Waals surface area (Å²) < 4.78 is 43.8. The number of nitrogens with one attached hydrogen (secondary N) is 1. The van der Waals surface area contributed by atoms with E-state index in [-0.39, 0.29) is 30.8 Å². The van der Waals surface area contributed by atoms with E-state index in [1.807, 2.05) is 115 Å². The Balaban J connectivity index is 1.49. The van der Waals surface area contributed by atoms with Crippen LogP contribution >= 0.6 is 0 Å². The molecule has 8 nitrogen and oxygen atoms in total. The summed E-state index contributed by atoms with van der Waals surface area (Å²) in [6.45, 7) is 10.6. The van der Waals surface area contributed by atoms with Gasteiger partial charge in [-0.05, 0) is 100 Å². The van der Waals surface area contributed by atoms with Crippen LogP contribution in [0.15, 0.2) is 138 Å². The molecule has 2 atom stereocenters. The van der Waals surface area contributed by atoms with Crippen molar-refractivity contribution in [2.24, 2.45) is 5.92 Å². The number of rotatable bonds is 15. The Bertz CT molecular complexity index is 2010. The molecule has 0 unspecified atom stereocenters. The van der Waals surface area contributed by atoms with Crippen LogP contribution in [-0.4, -0.2) is 44.2 Å². The van der Waals surface area contributed by atoms with E-state index in [1.54, 1.807) is 53.7 Å². The third-order valence-electron chi connectivity index (χ3n) is 8.91. The smallest absolute Gasteiger partial charge is 0.323 e. The highest BCUT2D eigenvalue weighted by atomic mass is 32.2. The van der Waals surface area contributed by atoms with Gasteiger partial charge in [-0.3, -0.25) is 19.1 Å². The molecule has 0 saturated carbocycles. The van der Waals surface area contributed by atoms with Gasteiger partial charge in [0.15, 0.2) is 0 Å². The average molecular weight is 750 g/mol. The highest BCUT2D eigenvalue weighted by Gasteiger charge is 2.42. The van der Waals surface area contributed by atoms with Gasteiger partial charge in [0.2, 0.25) is 0 Å². The second-order valence-corrected chi connectivity index (χ2v) is 17.1. The molecule has 5 aromatic rings. The Morgan fingerprint density at radius 2 is 1.07 bits per heavy atom. The number of hydrogen-bond donors (Lipinski definition) is 1. The summed E-state index contributed by atoms with van der Waals surface area (Å²) in [4.78, 5) is 28.4. The molecule has 0 aromatic heterocycles. The molecule has 0 amide bonds. The Morgan fingerprint density at radius 3 is 1.57 bits per heavy atom. The van der Waals surface area contributed by atoms with Gasteiger partial charge in [-0.15, -0.1) is 0 Å². The van der Waals surface area contributed by atoms with E-state index in [0.29, 0.717) is 0 Å². The van der Waals surface area contributed by atoms with E-state index in [4.69, 9.17) is 13.7 Å². The Hall–Kier alpha value is -4.83. The maximum absolute atomic E-state index is 14.3. The molecule has 0 spiro atoms. The van der Waals surface area contributed by atoms with E-state index >= 15 is 0 Å². The second-order valence-electron chi connectivity index (χ2n) is 15.5. The van der Waals surface area contributed by atoms with Crippen molar-refractivity contribution in [3.05, 3.63) is 150 Å². The first-order valence-corrected chi connectivity index (χ1v) is 19.8. The van der Waals surface area contributed by atoms with Crippen LogP contribution < -0.4 is 5.32 Å². The number of esters is 2. The van der Waals surface area contributed by atoms with Crippen molar-refractivity contribution in [3.63, 3.8) is 0 Å². The van der Waals surface area contributed by atoms with Crippen LogP contribution in [0.5, 0.6) is 0 Å². The Kier molecular flexibility index (Phi) is 12.8. The summed E-state index contributed by atoms with van der Waals surface area (Å²) >= 11 is 0. The quantitative estimate of drug-likeness (QED) is 0.0489. The molecule has 54 heavy (non-hydrogen) atoms. The number of hydrogen-bond acceptors (Lipinski definition) is 8. The predicted octanol–water partition coefficient (Wildman–Crippen LogP) is 8.97. The van der Waals surface area contributed by atoms with Crippen molar-refractivity contribution >= 4 is 32.8 Å². The van der Waals surface area contributed by atoms with Crippen molar-refractivity contribution in [3.8, 4) is 0 Å². The van der Waals surface area contributed by atoms with E-state index < -0.39 is 50.8 Å².